The van der Waals surface area contributed by atoms with Crippen LogP contribution in [0, 0.1) is 4.77 Å². The first-order valence-electron chi connectivity index (χ1n) is 4.70. The van der Waals surface area contributed by atoms with Crippen molar-refractivity contribution < 1.29 is 0 Å². The minimum absolute atomic E-state index is 0.479. The summed E-state index contributed by atoms with van der Waals surface area (Å²) in [4.78, 5) is 2.20. The molecule has 0 aliphatic carbocycles. The van der Waals surface area contributed by atoms with Gasteiger partial charge in [-0.25, -0.2) is 4.68 Å². The second kappa shape index (κ2) is 6.26. The predicted octanol–water partition coefficient (Wildman–Crippen LogP) is 1.01. The van der Waals surface area contributed by atoms with Crippen LogP contribution in [0.3, 0.4) is 0 Å². The normalized spacial score (nSPS) is 10.5. The average molecular weight is 225 g/mol. The Labute approximate surface area is 94.1 Å². The molecule has 0 radical (unpaired) electrons. The van der Waals surface area contributed by atoms with Gasteiger partial charge in [-0.2, -0.15) is 5.21 Å². The van der Waals surface area contributed by atoms with Gasteiger partial charge in [0.25, 0.3) is 0 Å². The Morgan fingerprint density at radius 3 is 2.53 bits per heavy atom. The molecule has 0 saturated carbocycles. The van der Waals surface area contributed by atoms with E-state index in [9.17, 15) is 0 Å². The molecule has 5 nitrogen and oxygen atoms in total. The monoisotopic (exact) mass is 225 g/mol. The van der Waals surface area contributed by atoms with Crippen LogP contribution in [0.5, 0.6) is 0 Å². The molecule has 1 N–H and O–H groups in total. The van der Waals surface area contributed by atoms with Gasteiger partial charge in [0.2, 0.25) is 4.77 Å². The number of aromatic amines is 1. The fraction of sp³-hybridized carbons (Fsp3) is 0.444. The summed E-state index contributed by atoms with van der Waals surface area (Å²) in [6.07, 6.45) is 3.74. The lowest BCUT2D eigenvalue weighted by Gasteiger charge is -2.18. The zero-order valence-electron chi connectivity index (χ0n) is 8.59. The van der Waals surface area contributed by atoms with Crippen LogP contribution in [0.1, 0.15) is 0 Å². The van der Waals surface area contributed by atoms with Crippen molar-refractivity contribution in [2.75, 3.05) is 19.6 Å². The smallest absolute Gasteiger partial charge is 0.238 e. The lowest BCUT2D eigenvalue weighted by molar-refractivity contribution is 0.310. The number of aromatic nitrogens is 4. The van der Waals surface area contributed by atoms with Crippen molar-refractivity contribution in [2.24, 2.45) is 0 Å². The Kier molecular flexibility index (Phi) is 4.92. The van der Waals surface area contributed by atoms with Crippen molar-refractivity contribution in [1.82, 2.24) is 25.1 Å². The summed E-state index contributed by atoms with van der Waals surface area (Å²) in [5.41, 5.74) is 0. The van der Waals surface area contributed by atoms with E-state index in [4.69, 9.17) is 12.2 Å². The molecule has 82 valence electrons. The van der Waals surface area contributed by atoms with Gasteiger partial charge >= 0.3 is 0 Å². The molecular formula is C9H15N5S. The largest absolute Gasteiger partial charge is 0.294 e. The molecule has 1 aromatic rings. The molecule has 0 fully saturated rings. The van der Waals surface area contributed by atoms with E-state index < -0.39 is 0 Å². The summed E-state index contributed by atoms with van der Waals surface area (Å²) in [5, 5.41) is 10.0. The third kappa shape index (κ3) is 3.77. The van der Waals surface area contributed by atoms with Crippen molar-refractivity contribution >= 4 is 12.2 Å². The van der Waals surface area contributed by atoms with E-state index in [0.717, 1.165) is 26.2 Å². The maximum Gasteiger partial charge on any atom is 0.238 e. The average Bonchev–Trinajstić information content (AvgIpc) is 2.61. The number of hydrogen-bond donors (Lipinski definition) is 1. The van der Waals surface area contributed by atoms with Crippen LogP contribution in [-0.4, -0.2) is 44.7 Å². The maximum atomic E-state index is 4.97. The van der Waals surface area contributed by atoms with Crippen molar-refractivity contribution in [3.8, 4) is 0 Å². The molecule has 6 heteroatoms. The molecular weight excluding hydrogens is 210 g/mol. The molecule has 0 unspecified atom stereocenters. The lowest BCUT2D eigenvalue weighted by Crippen LogP contribution is -2.28. The quantitative estimate of drug-likeness (QED) is 0.556. The van der Waals surface area contributed by atoms with Crippen molar-refractivity contribution in [2.45, 2.75) is 6.54 Å². The fourth-order valence-corrected chi connectivity index (χ4v) is 1.40. The van der Waals surface area contributed by atoms with Crippen LogP contribution >= 0.6 is 12.2 Å². The summed E-state index contributed by atoms with van der Waals surface area (Å²) in [6.45, 7) is 10.7. The number of tetrazole rings is 1. The number of nitrogens with one attached hydrogen (secondary N) is 1. The van der Waals surface area contributed by atoms with Gasteiger partial charge < -0.3 is 0 Å². The molecule has 0 aromatic carbocycles. The van der Waals surface area contributed by atoms with Crippen molar-refractivity contribution in [1.29, 1.82) is 0 Å². The molecule has 0 atom stereocenters. The van der Waals surface area contributed by atoms with E-state index in [2.05, 4.69) is 33.6 Å². The topological polar surface area (TPSA) is 49.7 Å². The van der Waals surface area contributed by atoms with Gasteiger partial charge in [-0.15, -0.1) is 13.2 Å². The van der Waals surface area contributed by atoms with E-state index in [1.807, 2.05) is 12.2 Å². The van der Waals surface area contributed by atoms with Crippen LogP contribution < -0.4 is 0 Å². The predicted molar refractivity (Wildman–Crippen MR) is 62.0 cm³/mol. The number of rotatable bonds is 7. The Balaban J connectivity index is 2.46. The maximum absolute atomic E-state index is 4.97. The van der Waals surface area contributed by atoms with Gasteiger partial charge in [0, 0.05) is 19.6 Å². The van der Waals surface area contributed by atoms with Crippen LogP contribution in [0.2, 0.25) is 0 Å². The zero-order chi connectivity index (χ0) is 11.1. The number of nitrogens with zero attached hydrogens (tertiary/aromatic N) is 4. The van der Waals surface area contributed by atoms with E-state index in [-0.39, 0.29) is 0 Å². The van der Waals surface area contributed by atoms with Gasteiger partial charge in [-0.3, -0.25) is 4.90 Å². The molecule has 0 aliphatic rings. The SMILES string of the molecule is C=CCN(CC=C)CCn1[nH]nnc1=S. The summed E-state index contributed by atoms with van der Waals surface area (Å²) >= 11 is 4.97. The molecule has 0 bridgehead atoms. The van der Waals surface area contributed by atoms with Crippen molar-refractivity contribution in [3.05, 3.63) is 30.1 Å². The highest BCUT2D eigenvalue weighted by Gasteiger charge is 2.01. The highest BCUT2D eigenvalue weighted by molar-refractivity contribution is 7.71. The van der Waals surface area contributed by atoms with E-state index in [1.54, 1.807) is 4.68 Å². The second-order valence-corrected chi connectivity index (χ2v) is 3.44. The van der Waals surface area contributed by atoms with Crippen LogP contribution in [-0.2, 0) is 6.54 Å². The molecule has 0 spiro atoms. The molecule has 0 saturated heterocycles. The Morgan fingerprint density at radius 2 is 2.07 bits per heavy atom. The number of H-pyrrole nitrogens is 1. The summed E-state index contributed by atoms with van der Waals surface area (Å²) < 4.78 is 2.21. The molecule has 0 amide bonds. The van der Waals surface area contributed by atoms with E-state index in [0.29, 0.717) is 4.77 Å². The fourth-order valence-electron chi connectivity index (χ4n) is 1.23. The van der Waals surface area contributed by atoms with Gasteiger partial charge in [-0.1, -0.05) is 22.5 Å². The summed E-state index contributed by atoms with van der Waals surface area (Å²) in [6, 6.07) is 0. The third-order valence-corrected chi connectivity index (χ3v) is 2.25. The van der Waals surface area contributed by atoms with E-state index in [1.165, 1.54) is 0 Å². The molecule has 15 heavy (non-hydrogen) atoms. The first-order valence-corrected chi connectivity index (χ1v) is 5.10. The van der Waals surface area contributed by atoms with Gasteiger partial charge in [0.15, 0.2) is 0 Å². The molecule has 1 aromatic heterocycles. The van der Waals surface area contributed by atoms with Crippen LogP contribution in [0.15, 0.2) is 25.3 Å². The Bertz CT molecular complexity index is 357. The Hall–Kier alpha value is -1.27. The molecule has 0 aliphatic heterocycles. The third-order valence-electron chi connectivity index (χ3n) is 1.95. The van der Waals surface area contributed by atoms with Crippen molar-refractivity contribution in [3.63, 3.8) is 0 Å². The van der Waals surface area contributed by atoms with Crippen LogP contribution in [0.4, 0.5) is 0 Å². The van der Waals surface area contributed by atoms with Gasteiger partial charge in [0.1, 0.15) is 0 Å². The van der Waals surface area contributed by atoms with Crippen LogP contribution in [0.25, 0.3) is 0 Å². The van der Waals surface area contributed by atoms with E-state index >= 15 is 0 Å². The first kappa shape index (κ1) is 11.8. The van der Waals surface area contributed by atoms with Gasteiger partial charge in [0.05, 0.1) is 6.54 Å². The lowest BCUT2D eigenvalue weighted by atomic mass is 10.4. The second-order valence-electron chi connectivity index (χ2n) is 3.07. The minimum Gasteiger partial charge on any atom is -0.294 e. The summed E-state index contributed by atoms with van der Waals surface area (Å²) in [7, 11) is 0. The zero-order valence-corrected chi connectivity index (χ0v) is 9.41. The Morgan fingerprint density at radius 1 is 1.40 bits per heavy atom. The van der Waals surface area contributed by atoms with Gasteiger partial charge in [-0.05, 0) is 12.2 Å². The highest BCUT2D eigenvalue weighted by Crippen LogP contribution is 1.92. The molecule has 1 heterocycles. The summed E-state index contributed by atoms with van der Waals surface area (Å²) in [5.74, 6) is 0. The highest BCUT2D eigenvalue weighted by atomic mass is 32.1. The number of hydrogen-bond acceptors (Lipinski definition) is 4. The standard InChI is InChI=1S/C9H15N5S/c1-3-5-13(6-4-2)7-8-14-9(15)10-11-12-14/h3-4H,1-2,5-8H2,(H,10,12,15). The first-order chi connectivity index (χ1) is 7.27. The minimum atomic E-state index is 0.479. The molecule has 1 rings (SSSR count).